The van der Waals surface area contributed by atoms with Crippen LogP contribution < -0.4 is 12.4 Å². The molecule has 0 bridgehead atoms. The lowest BCUT2D eigenvalue weighted by atomic mass is 10.2. The van der Waals surface area contributed by atoms with Crippen molar-refractivity contribution in [2.24, 2.45) is 0 Å². The molecule has 2 aromatic rings. The molecule has 5 nitrogen and oxygen atoms in total. The predicted octanol–water partition coefficient (Wildman–Crippen LogP) is -1.19. The van der Waals surface area contributed by atoms with Crippen LogP contribution in [0.3, 0.4) is 0 Å². The van der Waals surface area contributed by atoms with E-state index < -0.39 is 0 Å². The molecule has 1 heterocycles. The number of nitrogens with zero attached hydrogens (tertiary/aromatic N) is 5. The van der Waals surface area contributed by atoms with Gasteiger partial charge in [0.15, 0.2) is 4.98 Å². The Morgan fingerprint density at radius 1 is 1.27 bits per heavy atom. The molecule has 0 saturated heterocycles. The summed E-state index contributed by atoms with van der Waals surface area (Å²) in [4.78, 5) is 6.92. The van der Waals surface area contributed by atoms with Gasteiger partial charge >= 0.3 is 5.69 Å². The Morgan fingerprint density at radius 2 is 2.00 bits per heavy atom. The molecule has 0 amide bonds. The fourth-order valence-corrected chi connectivity index (χ4v) is 1.17. The largest absolute Gasteiger partial charge is 1.00 e. The van der Waals surface area contributed by atoms with Crippen molar-refractivity contribution in [2.75, 3.05) is 0 Å². The van der Waals surface area contributed by atoms with Gasteiger partial charge in [-0.05, 0) is 17.7 Å². The third kappa shape index (κ3) is 2.76. The second-order valence-electron chi connectivity index (χ2n) is 2.86. The van der Waals surface area contributed by atoms with Gasteiger partial charge in [0.2, 0.25) is 5.39 Å². The van der Waals surface area contributed by atoms with Crippen molar-refractivity contribution in [3.05, 3.63) is 47.5 Å². The molecule has 0 spiro atoms. The Kier molecular flexibility index (Phi) is 3.77. The van der Waals surface area contributed by atoms with Crippen molar-refractivity contribution in [1.82, 2.24) is 14.8 Å². The van der Waals surface area contributed by atoms with E-state index in [-0.39, 0.29) is 12.4 Å². The van der Waals surface area contributed by atoms with Gasteiger partial charge in [-0.15, -0.1) is 0 Å². The van der Waals surface area contributed by atoms with E-state index in [1.807, 2.05) is 12.1 Å². The first-order valence-corrected chi connectivity index (χ1v) is 4.15. The maximum atomic E-state index is 8.48. The molecule has 2 rings (SSSR count). The first-order valence-electron chi connectivity index (χ1n) is 4.15. The Bertz CT molecular complexity index is 442. The van der Waals surface area contributed by atoms with Crippen LogP contribution in [0.15, 0.2) is 36.9 Å². The normalized spacial score (nSPS) is 9.00. The lowest BCUT2D eigenvalue weighted by Crippen LogP contribution is -3.00. The maximum absolute atomic E-state index is 8.48. The Hall–Kier alpha value is -1.93. The highest BCUT2D eigenvalue weighted by Gasteiger charge is 2.02. The molecule has 0 atom stereocenters. The topological polar surface area (TPSA) is 58.9 Å². The first kappa shape index (κ1) is 11.1. The highest BCUT2D eigenvalue weighted by atomic mass is 35.5. The molecule has 0 aliphatic carbocycles. The Morgan fingerprint density at radius 3 is 2.53 bits per heavy atom. The van der Waals surface area contributed by atoms with E-state index >= 15 is 0 Å². The van der Waals surface area contributed by atoms with Gasteiger partial charge in [0.05, 0.1) is 6.54 Å². The molecule has 1 aromatic heterocycles. The molecule has 0 unspecified atom stereocenters. The molecule has 76 valence electrons. The van der Waals surface area contributed by atoms with E-state index in [0.717, 1.165) is 5.56 Å². The van der Waals surface area contributed by atoms with Crippen molar-refractivity contribution in [2.45, 2.75) is 6.54 Å². The van der Waals surface area contributed by atoms with Crippen LogP contribution in [-0.4, -0.2) is 14.8 Å². The minimum absolute atomic E-state index is 0. The average molecular weight is 222 g/mol. The molecule has 0 fully saturated rings. The molecular weight excluding hydrogens is 214 g/mol. The summed E-state index contributed by atoms with van der Waals surface area (Å²) < 4.78 is 1.73. The highest BCUT2D eigenvalue weighted by molar-refractivity contribution is 5.44. The number of halogens is 1. The van der Waals surface area contributed by atoms with E-state index in [4.69, 9.17) is 5.39 Å². The standard InChI is InChI=1S/C9H8N5.ClH/c10-13-9-3-1-8(2-4-9)5-14-7-11-6-12-14;/h1-4,6-7H,5H2;1H/q+1;/p-1. The summed E-state index contributed by atoms with van der Waals surface area (Å²) in [6, 6.07) is 7.26. The minimum atomic E-state index is 0. The number of hydrogen-bond acceptors (Lipinski definition) is 3. The van der Waals surface area contributed by atoms with E-state index in [1.54, 1.807) is 23.1 Å². The Labute approximate surface area is 92.8 Å². The van der Waals surface area contributed by atoms with Gasteiger partial charge in [-0.2, -0.15) is 5.10 Å². The number of hydrogen-bond donors (Lipinski definition) is 0. The number of diazo groups is 1. The van der Waals surface area contributed by atoms with E-state index in [1.165, 1.54) is 6.33 Å². The summed E-state index contributed by atoms with van der Waals surface area (Å²) in [7, 11) is 0. The molecule has 1 aromatic carbocycles. The van der Waals surface area contributed by atoms with Gasteiger partial charge in [0.25, 0.3) is 0 Å². The van der Waals surface area contributed by atoms with Gasteiger partial charge < -0.3 is 12.4 Å². The molecule has 6 heteroatoms. The molecule has 0 N–H and O–H groups in total. The number of aromatic nitrogens is 3. The summed E-state index contributed by atoms with van der Waals surface area (Å²) in [5.74, 6) is 0. The van der Waals surface area contributed by atoms with Crippen LogP contribution in [0, 0.1) is 5.39 Å². The third-order valence-corrected chi connectivity index (χ3v) is 1.86. The van der Waals surface area contributed by atoms with Crippen LogP contribution in [0.25, 0.3) is 4.98 Å². The second-order valence-corrected chi connectivity index (χ2v) is 2.86. The molecular formula is C9H8ClN5. The van der Waals surface area contributed by atoms with Crippen LogP contribution in [0.4, 0.5) is 5.69 Å². The van der Waals surface area contributed by atoms with Gasteiger partial charge in [0.1, 0.15) is 12.7 Å². The third-order valence-electron chi connectivity index (χ3n) is 1.86. The summed E-state index contributed by atoms with van der Waals surface area (Å²) >= 11 is 0. The molecule has 0 radical (unpaired) electrons. The lowest BCUT2D eigenvalue weighted by molar-refractivity contribution is -0.00000322. The lowest BCUT2D eigenvalue weighted by Gasteiger charge is -1.98. The van der Waals surface area contributed by atoms with Crippen molar-refractivity contribution in [3.63, 3.8) is 0 Å². The van der Waals surface area contributed by atoms with Crippen LogP contribution in [0.1, 0.15) is 5.56 Å². The molecule has 0 aliphatic rings. The van der Waals surface area contributed by atoms with Crippen LogP contribution in [0.5, 0.6) is 0 Å². The number of benzene rings is 1. The van der Waals surface area contributed by atoms with Crippen LogP contribution in [-0.2, 0) is 6.54 Å². The molecule has 0 saturated carbocycles. The van der Waals surface area contributed by atoms with Crippen molar-refractivity contribution < 1.29 is 12.4 Å². The fourth-order valence-electron chi connectivity index (χ4n) is 1.17. The van der Waals surface area contributed by atoms with Gasteiger partial charge in [-0.1, -0.05) is 0 Å². The van der Waals surface area contributed by atoms with E-state index in [2.05, 4.69) is 15.1 Å². The quantitative estimate of drug-likeness (QED) is 0.600. The van der Waals surface area contributed by atoms with Gasteiger partial charge in [-0.3, -0.25) is 0 Å². The van der Waals surface area contributed by atoms with Gasteiger partial charge in [-0.25, -0.2) is 9.67 Å². The summed E-state index contributed by atoms with van der Waals surface area (Å²) in [6.45, 7) is 0.672. The average Bonchev–Trinajstić information content (AvgIpc) is 2.72. The summed E-state index contributed by atoms with van der Waals surface area (Å²) in [5.41, 5.74) is 1.63. The maximum Gasteiger partial charge on any atom is 0.385 e. The molecule has 15 heavy (non-hydrogen) atoms. The second kappa shape index (κ2) is 5.08. The number of rotatable bonds is 2. The van der Waals surface area contributed by atoms with Crippen molar-refractivity contribution >= 4 is 5.69 Å². The van der Waals surface area contributed by atoms with Crippen molar-refractivity contribution in [1.29, 1.82) is 5.39 Å². The smallest absolute Gasteiger partial charge is 0.385 e. The molecule has 0 aliphatic heterocycles. The monoisotopic (exact) mass is 221 g/mol. The SMILES string of the molecule is N#[N+]c1ccc(Cn2cncn2)cc1.[Cl-]. The minimum Gasteiger partial charge on any atom is -1.00 e. The van der Waals surface area contributed by atoms with E-state index in [9.17, 15) is 0 Å². The van der Waals surface area contributed by atoms with E-state index in [0.29, 0.717) is 12.2 Å². The van der Waals surface area contributed by atoms with Crippen molar-refractivity contribution in [3.8, 4) is 0 Å². The predicted molar refractivity (Wildman–Crippen MR) is 50.3 cm³/mol. The summed E-state index contributed by atoms with van der Waals surface area (Å²) in [6.07, 6.45) is 3.15. The first-order chi connectivity index (χ1) is 6.88. The highest BCUT2D eigenvalue weighted by Crippen LogP contribution is 2.12. The zero-order valence-electron chi connectivity index (χ0n) is 7.79. The van der Waals surface area contributed by atoms with Crippen LogP contribution in [0.2, 0.25) is 0 Å². The van der Waals surface area contributed by atoms with Crippen LogP contribution >= 0.6 is 0 Å². The summed E-state index contributed by atoms with van der Waals surface area (Å²) in [5, 5.41) is 12.5. The van der Waals surface area contributed by atoms with Gasteiger partial charge in [0, 0.05) is 12.1 Å². The zero-order valence-corrected chi connectivity index (χ0v) is 8.54. The fraction of sp³-hybridized carbons (Fsp3) is 0.111. The Balaban J connectivity index is 0.00000112. The zero-order chi connectivity index (χ0) is 9.80.